The number of nitrogens with one attached hydrogen (secondary N) is 2. The SMILES string of the molecule is COc1ccc(OCCCCCCc2c(C)[nH][nH]c2=O)c(Cl)c1. The van der Waals surface area contributed by atoms with Crippen molar-refractivity contribution in [2.45, 2.75) is 39.0 Å². The molecule has 1 heterocycles. The molecule has 0 saturated carbocycles. The molecule has 2 N–H and O–H groups in total. The van der Waals surface area contributed by atoms with E-state index in [1.807, 2.05) is 19.1 Å². The zero-order valence-electron chi connectivity index (χ0n) is 13.6. The molecule has 6 heteroatoms. The molecule has 1 aromatic carbocycles. The summed E-state index contributed by atoms with van der Waals surface area (Å²) in [7, 11) is 1.61. The molecule has 0 aliphatic heterocycles. The van der Waals surface area contributed by atoms with Crippen molar-refractivity contribution in [3.05, 3.63) is 44.8 Å². The normalized spacial score (nSPS) is 10.7. The number of unbranched alkanes of at least 4 members (excludes halogenated alkanes) is 3. The average molecular weight is 339 g/mol. The predicted molar refractivity (Wildman–Crippen MR) is 91.8 cm³/mol. The Morgan fingerprint density at radius 3 is 2.57 bits per heavy atom. The van der Waals surface area contributed by atoms with Crippen molar-refractivity contribution < 1.29 is 9.47 Å². The number of methoxy groups -OCH3 is 1. The fraction of sp³-hybridized carbons (Fsp3) is 0.471. The maximum atomic E-state index is 11.5. The van der Waals surface area contributed by atoms with Gasteiger partial charge in [0.25, 0.3) is 5.56 Å². The number of ether oxygens (including phenoxy) is 2. The van der Waals surface area contributed by atoms with Crippen molar-refractivity contribution in [3.8, 4) is 11.5 Å². The lowest BCUT2D eigenvalue weighted by Gasteiger charge is -2.09. The number of rotatable bonds is 9. The molecule has 0 unspecified atom stereocenters. The Balaban J connectivity index is 1.62. The van der Waals surface area contributed by atoms with Gasteiger partial charge in [0, 0.05) is 17.3 Å². The van der Waals surface area contributed by atoms with Crippen molar-refractivity contribution in [2.75, 3.05) is 13.7 Å². The summed E-state index contributed by atoms with van der Waals surface area (Å²) < 4.78 is 10.8. The van der Waals surface area contributed by atoms with Gasteiger partial charge in [0.05, 0.1) is 18.7 Å². The van der Waals surface area contributed by atoms with Crippen LogP contribution in [-0.2, 0) is 6.42 Å². The molecule has 0 atom stereocenters. The molecule has 23 heavy (non-hydrogen) atoms. The van der Waals surface area contributed by atoms with Crippen LogP contribution in [0.1, 0.15) is 36.9 Å². The van der Waals surface area contributed by atoms with Gasteiger partial charge < -0.3 is 14.6 Å². The lowest BCUT2D eigenvalue weighted by atomic mass is 10.1. The van der Waals surface area contributed by atoms with Crippen molar-refractivity contribution in [1.82, 2.24) is 10.2 Å². The molecular weight excluding hydrogens is 316 g/mol. The van der Waals surface area contributed by atoms with Gasteiger partial charge in [-0.3, -0.25) is 9.89 Å². The summed E-state index contributed by atoms with van der Waals surface area (Å²) in [6.45, 7) is 2.55. The van der Waals surface area contributed by atoms with E-state index in [1.54, 1.807) is 13.2 Å². The van der Waals surface area contributed by atoms with E-state index in [9.17, 15) is 4.79 Å². The molecular formula is C17H23ClN2O3. The number of aryl methyl sites for hydroxylation is 1. The van der Waals surface area contributed by atoms with Crippen LogP contribution < -0.4 is 15.0 Å². The van der Waals surface area contributed by atoms with Gasteiger partial charge in [-0.05, 0) is 38.3 Å². The first-order valence-corrected chi connectivity index (χ1v) is 8.22. The van der Waals surface area contributed by atoms with Crippen molar-refractivity contribution in [1.29, 1.82) is 0 Å². The highest BCUT2D eigenvalue weighted by Crippen LogP contribution is 2.28. The first-order chi connectivity index (χ1) is 11.1. The van der Waals surface area contributed by atoms with Crippen LogP contribution in [-0.4, -0.2) is 23.9 Å². The Morgan fingerprint density at radius 2 is 1.91 bits per heavy atom. The standard InChI is InChI=1S/C17H23ClN2O3/c1-12-14(17(21)20-19-12)7-5-3-4-6-10-23-16-9-8-13(22-2)11-15(16)18/h8-9,11H,3-7,10H2,1-2H3,(H2,19,20,21). The van der Waals surface area contributed by atoms with Crippen molar-refractivity contribution in [3.63, 3.8) is 0 Å². The minimum absolute atomic E-state index is 0.0000176. The van der Waals surface area contributed by atoms with Gasteiger partial charge in [0.1, 0.15) is 11.5 Å². The molecule has 2 rings (SSSR count). The predicted octanol–water partition coefficient (Wildman–Crippen LogP) is 3.86. The van der Waals surface area contributed by atoms with Crippen LogP contribution in [0.4, 0.5) is 0 Å². The van der Waals surface area contributed by atoms with E-state index < -0.39 is 0 Å². The van der Waals surface area contributed by atoms with Crippen LogP contribution in [0, 0.1) is 6.92 Å². The molecule has 0 spiro atoms. The largest absolute Gasteiger partial charge is 0.497 e. The second kappa shape index (κ2) is 8.67. The number of aromatic nitrogens is 2. The third kappa shape index (κ3) is 5.06. The summed E-state index contributed by atoms with van der Waals surface area (Å²) in [6, 6.07) is 5.40. The molecule has 0 amide bonds. The van der Waals surface area contributed by atoms with E-state index in [1.165, 1.54) is 0 Å². The summed E-state index contributed by atoms with van der Waals surface area (Å²) in [5.74, 6) is 1.40. The summed E-state index contributed by atoms with van der Waals surface area (Å²) in [6.07, 6.45) is 4.92. The van der Waals surface area contributed by atoms with Gasteiger partial charge >= 0.3 is 0 Å². The first kappa shape index (κ1) is 17.5. The van der Waals surface area contributed by atoms with Gasteiger partial charge in [0.2, 0.25) is 0 Å². The Bertz CT molecular complexity index is 679. The minimum atomic E-state index is -0.0000176. The van der Waals surface area contributed by atoms with Gasteiger partial charge in [-0.25, -0.2) is 0 Å². The summed E-state index contributed by atoms with van der Waals surface area (Å²) >= 11 is 6.12. The molecule has 0 aliphatic carbocycles. The van der Waals surface area contributed by atoms with E-state index in [-0.39, 0.29) is 5.56 Å². The Kier molecular flexibility index (Phi) is 6.59. The van der Waals surface area contributed by atoms with Gasteiger partial charge in [0.15, 0.2) is 0 Å². The van der Waals surface area contributed by atoms with Gasteiger partial charge in [-0.15, -0.1) is 0 Å². The van der Waals surface area contributed by atoms with Gasteiger partial charge in [-0.1, -0.05) is 24.4 Å². The van der Waals surface area contributed by atoms with Crippen LogP contribution in [0.2, 0.25) is 5.02 Å². The van der Waals surface area contributed by atoms with Gasteiger partial charge in [-0.2, -0.15) is 0 Å². The highest BCUT2D eigenvalue weighted by atomic mass is 35.5. The van der Waals surface area contributed by atoms with Crippen LogP contribution in [0.3, 0.4) is 0 Å². The average Bonchev–Trinajstić information content (AvgIpc) is 2.86. The molecule has 0 radical (unpaired) electrons. The minimum Gasteiger partial charge on any atom is -0.497 e. The number of benzene rings is 1. The molecule has 0 aliphatic rings. The smallest absolute Gasteiger partial charge is 0.267 e. The maximum Gasteiger partial charge on any atom is 0.267 e. The first-order valence-electron chi connectivity index (χ1n) is 7.84. The second-order valence-corrected chi connectivity index (χ2v) is 5.90. The van der Waals surface area contributed by atoms with E-state index in [4.69, 9.17) is 21.1 Å². The van der Waals surface area contributed by atoms with Crippen molar-refractivity contribution in [2.24, 2.45) is 0 Å². The summed E-state index contributed by atoms with van der Waals surface area (Å²) in [5, 5.41) is 6.02. The molecule has 0 bridgehead atoms. The second-order valence-electron chi connectivity index (χ2n) is 5.49. The van der Waals surface area contributed by atoms with Crippen molar-refractivity contribution >= 4 is 11.6 Å². The number of hydrogen-bond acceptors (Lipinski definition) is 3. The van der Waals surface area contributed by atoms with Crippen LogP contribution >= 0.6 is 11.6 Å². The third-order valence-corrected chi connectivity index (χ3v) is 4.10. The topological polar surface area (TPSA) is 67.1 Å². The lowest BCUT2D eigenvalue weighted by molar-refractivity contribution is 0.304. The maximum absolute atomic E-state index is 11.5. The highest BCUT2D eigenvalue weighted by molar-refractivity contribution is 6.32. The lowest BCUT2D eigenvalue weighted by Crippen LogP contribution is -2.06. The fourth-order valence-electron chi connectivity index (χ4n) is 2.44. The number of aromatic amines is 2. The Morgan fingerprint density at radius 1 is 1.13 bits per heavy atom. The molecule has 2 aromatic rings. The molecule has 5 nitrogen and oxygen atoms in total. The number of halogens is 1. The molecule has 0 fully saturated rings. The van der Waals surface area contributed by atoms with E-state index in [0.29, 0.717) is 17.4 Å². The van der Waals surface area contributed by atoms with E-state index >= 15 is 0 Å². The Labute approximate surface area is 140 Å². The van der Waals surface area contributed by atoms with E-state index in [2.05, 4.69) is 10.2 Å². The molecule has 126 valence electrons. The van der Waals surface area contributed by atoms with E-state index in [0.717, 1.165) is 49.1 Å². The van der Waals surface area contributed by atoms with Crippen LogP contribution in [0.15, 0.2) is 23.0 Å². The Hall–Kier alpha value is -1.88. The number of H-pyrrole nitrogens is 2. The fourth-order valence-corrected chi connectivity index (χ4v) is 2.66. The van der Waals surface area contributed by atoms with Crippen LogP contribution in [0.5, 0.6) is 11.5 Å². The zero-order valence-corrected chi connectivity index (χ0v) is 14.3. The highest BCUT2D eigenvalue weighted by Gasteiger charge is 2.05. The molecule has 1 aromatic heterocycles. The zero-order chi connectivity index (χ0) is 16.7. The summed E-state index contributed by atoms with van der Waals surface area (Å²) in [4.78, 5) is 11.5. The quantitative estimate of drug-likeness (QED) is 0.682. The third-order valence-electron chi connectivity index (χ3n) is 3.81. The summed E-state index contributed by atoms with van der Waals surface area (Å²) in [5.41, 5.74) is 1.80. The molecule has 0 saturated heterocycles. The monoisotopic (exact) mass is 338 g/mol. The van der Waals surface area contributed by atoms with Crippen LogP contribution in [0.25, 0.3) is 0 Å². The number of hydrogen-bond donors (Lipinski definition) is 2.